The Morgan fingerprint density at radius 1 is 0.969 bits per heavy atom. The number of aromatic nitrogens is 1. The summed E-state index contributed by atoms with van der Waals surface area (Å²) < 4.78 is 33.4. The minimum absolute atomic E-state index is 0.00424. The molecule has 3 aromatic rings. The van der Waals surface area contributed by atoms with Gasteiger partial charge in [-0.3, -0.25) is 9.59 Å². The van der Waals surface area contributed by atoms with Crippen molar-refractivity contribution in [3.8, 4) is 11.3 Å². The molecule has 2 amide bonds. The molecular formula is C23H20ClF2N3O3. The first-order valence-electron chi connectivity index (χ1n) is 10.0. The summed E-state index contributed by atoms with van der Waals surface area (Å²) in [6, 6.07) is 8.58. The molecule has 1 fully saturated rings. The summed E-state index contributed by atoms with van der Waals surface area (Å²) >= 11 is 6.15. The highest BCUT2D eigenvalue weighted by Crippen LogP contribution is 2.34. The first kappa shape index (κ1) is 22.0. The summed E-state index contributed by atoms with van der Waals surface area (Å²) in [6.07, 6.45) is 0. The van der Waals surface area contributed by atoms with Crippen LogP contribution in [-0.2, 0) is 0 Å². The van der Waals surface area contributed by atoms with Gasteiger partial charge >= 0.3 is 0 Å². The van der Waals surface area contributed by atoms with Crippen LogP contribution in [0.15, 0.2) is 40.9 Å². The first-order chi connectivity index (χ1) is 15.3. The van der Waals surface area contributed by atoms with Crippen LogP contribution in [0, 0.1) is 25.5 Å². The zero-order valence-corrected chi connectivity index (χ0v) is 18.2. The standard InChI is InChI=1S/C23H20ClF2N3O3/c1-13-6-7-15(12-18(13)26)22(30)28-8-10-29(11-9-28)23(31)19-14(2)32-27-21(19)20-16(24)4-3-5-17(20)25/h3-7,12H,8-11H2,1-2H3. The lowest BCUT2D eigenvalue weighted by Gasteiger charge is -2.34. The Balaban J connectivity index is 1.52. The Kier molecular flexibility index (Phi) is 5.97. The molecule has 0 saturated carbocycles. The van der Waals surface area contributed by atoms with E-state index in [0.717, 1.165) is 0 Å². The van der Waals surface area contributed by atoms with Gasteiger partial charge in [0.05, 0.1) is 10.6 Å². The average molecular weight is 460 g/mol. The molecule has 32 heavy (non-hydrogen) atoms. The van der Waals surface area contributed by atoms with Crippen LogP contribution in [0.3, 0.4) is 0 Å². The highest BCUT2D eigenvalue weighted by atomic mass is 35.5. The number of hydrogen-bond donors (Lipinski definition) is 0. The minimum Gasteiger partial charge on any atom is -0.360 e. The molecule has 2 aromatic carbocycles. The number of nitrogens with zero attached hydrogens (tertiary/aromatic N) is 3. The Bertz CT molecular complexity index is 1180. The molecule has 0 N–H and O–H groups in total. The van der Waals surface area contributed by atoms with Crippen molar-refractivity contribution in [1.82, 2.24) is 15.0 Å². The minimum atomic E-state index is -0.611. The molecule has 1 saturated heterocycles. The van der Waals surface area contributed by atoms with Crippen molar-refractivity contribution in [2.24, 2.45) is 0 Å². The van der Waals surface area contributed by atoms with E-state index in [1.165, 1.54) is 24.3 Å². The fraction of sp³-hybridized carbons (Fsp3) is 0.261. The lowest BCUT2D eigenvalue weighted by molar-refractivity contribution is 0.0534. The SMILES string of the molecule is Cc1ccc(C(=O)N2CCN(C(=O)c3c(-c4c(F)cccc4Cl)noc3C)CC2)cc1F. The second-order valence-electron chi connectivity index (χ2n) is 7.61. The van der Waals surface area contributed by atoms with Crippen molar-refractivity contribution in [1.29, 1.82) is 0 Å². The molecule has 1 aliphatic rings. The van der Waals surface area contributed by atoms with Crippen LogP contribution in [0.25, 0.3) is 11.3 Å². The summed E-state index contributed by atoms with van der Waals surface area (Å²) in [6.45, 7) is 4.27. The van der Waals surface area contributed by atoms with Gasteiger partial charge in [-0.2, -0.15) is 0 Å². The summed E-state index contributed by atoms with van der Waals surface area (Å²) in [4.78, 5) is 29.1. The molecule has 0 atom stereocenters. The topological polar surface area (TPSA) is 66.7 Å². The number of carbonyl (C=O) groups excluding carboxylic acids is 2. The molecule has 2 heterocycles. The predicted molar refractivity (Wildman–Crippen MR) is 115 cm³/mol. The lowest BCUT2D eigenvalue weighted by Crippen LogP contribution is -2.50. The molecule has 4 rings (SSSR count). The van der Waals surface area contributed by atoms with Gasteiger partial charge in [0.1, 0.15) is 28.7 Å². The van der Waals surface area contributed by atoms with Gasteiger partial charge in [-0.25, -0.2) is 8.78 Å². The molecule has 0 spiro atoms. The Morgan fingerprint density at radius 3 is 2.25 bits per heavy atom. The molecule has 166 valence electrons. The lowest BCUT2D eigenvalue weighted by atomic mass is 10.0. The van der Waals surface area contributed by atoms with Crippen LogP contribution < -0.4 is 0 Å². The van der Waals surface area contributed by atoms with Crippen molar-refractivity contribution in [2.75, 3.05) is 26.2 Å². The second kappa shape index (κ2) is 8.70. The molecule has 0 unspecified atom stereocenters. The van der Waals surface area contributed by atoms with Crippen LogP contribution in [0.4, 0.5) is 8.78 Å². The van der Waals surface area contributed by atoms with E-state index in [1.54, 1.807) is 35.8 Å². The van der Waals surface area contributed by atoms with E-state index in [-0.39, 0.29) is 71.2 Å². The highest BCUT2D eigenvalue weighted by molar-refractivity contribution is 6.33. The number of hydrogen-bond acceptors (Lipinski definition) is 4. The summed E-state index contributed by atoms with van der Waals surface area (Å²) in [5, 5.41) is 3.99. The van der Waals surface area contributed by atoms with E-state index in [2.05, 4.69) is 5.16 Å². The number of piperazine rings is 1. The molecular weight excluding hydrogens is 440 g/mol. The van der Waals surface area contributed by atoms with E-state index in [4.69, 9.17) is 16.1 Å². The molecule has 0 radical (unpaired) electrons. The molecule has 9 heteroatoms. The zero-order valence-electron chi connectivity index (χ0n) is 17.5. The maximum atomic E-state index is 14.4. The van der Waals surface area contributed by atoms with E-state index >= 15 is 0 Å². The number of benzene rings is 2. The Labute approximate surface area is 188 Å². The van der Waals surface area contributed by atoms with Crippen molar-refractivity contribution in [3.63, 3.8) is 0 Å². The summed E-state index contributed by atoms with van der Waals surface area (Å²) in [7, 11) is 0. The number of carbonyl (C=O) groups is 2. The van der Waals surface area contributed by atoms with Crippen LogP contribution in [0.2, 0.25) is 5.02 Å². The van der Waals surface area contributed by atoms with Gasteiger partial charge < -0.3 is 14.3 Å². The normalized spacial score (nSPS) is 14.0. The Morgan fingerprint density at radius 2 is 1.62 bits per heavy atom. The number of rotatable bonds is 3. The van der Waals surface area contributed by atoms with Gasteiger partial charge in [-0.15, -0.1) is 0 Å². The van der Waals surface area contributed by atoms with Gasteiger partial charge in [0.25, 0.3) is 11.8 Å². The van der Waals surface area contributed by atoms with Gasteiger partial charge in [0.15, 0.2) is 0 Å². The maximum Gasteiger partial charge on any atom is 0.259 e. The summed E-state index contributed by atoms with van der Waals surface area (Å²) in [5.41, 5.74) is 0.914. The predicted octanol–water partition coefficient (Wildman–Crippen LogP) is 4.49. The molecule has 1 aromatic heterocycles. The molecule has 0 bridgehead atoms. The third kappa shape index (κ3) is 3.98. The van der Waals surface area contributed by atoms with Crippen molar-refractivity contribution < 1.29 is 22.9 Å². The number of halogens is 3. The van der Waals surface area contributed by atoms with Crippen molar-refractivity contribution in [2.45, 2.75) is 13.8 Å². The second-order valence-corrected chi connectivity index (χ2v) is 8.01. The summed E-state index contributed by atoms with van der Waals surface area (Å²) in [5.74, 6) is -1.48. The molecule has 0 aliphatic carbocycles. The first-order valence-corrected chi connectivity index (χ1v) is 10.4. The van der Waals surface area contributed by atoms with Crippen molar-refractivity contribution in [3.05, 3.63) is 75.5 Å². The largest absolute Gasteiger partial charge is 0.360 e. The number of amides is 2. The van der Waals surface area contributed by atoms with Gasteiger partial charge in [-0.05, 0) is 43.7 Å². The third-order valence-electron chi connectivity index (χ3n) is 5.55. The quantitative estimate of drug-likeness (QED) is 0.579. The van der Waals surface area contributed by atoms with Crippen LogP contribution in [-0.4, -0.2) is 52.9 Å². The smallest absolute Gasteiger partial charge is 0.259 e. The fourth-order valence-electron chi connectivity index (χ4n) is 3.70. The van der Waals surface area contributed by atoms with Crippen LogP contribution in [0.1, 0.15) is 32.0 Å². The number of aryl methyl sites for hydroxylation is 2. The third-order valence-corrected chi connectivity index (χ3v) is 5.86. The van der Waals surface area contributed by atoms with E-state index < -0.39 is 11.6 Å². The van der Waals surface area contributed by atoms with Crippen molar-refractivity contribution >= 4 is 23.4 Å². The van der Waals surface area contributed by atoms with Crippen LogP contribution >= 0.6 is 11.6 Å². The van der Waals surface area contributed by atoms with E-state index in [9.17, 15) is 18.4 Å². The Hall–Kier alpha value is -3.26. The maximum absolute atomic E-state index is 14.4. The monoisotopic (exact) mass is 459 g/mol. The van der Waals surface area contributed by atoms with Gasteiger partial charge in [0.2, 0.25) is 0 Å². The fourth-order valence-corrected chi connectivity index (χ4v) is 3.95. The van der Waals surface area contributed by atoms with Gasteiger partial charge in [0, 0.05) is 31.7 Å². The van der Waals surface area contributed by atoms with Gasteiger partial charge in [-0.1, -0.05) is 28.9 Å². The zero-order chi connectivity index (χ0) is 23.0. The van der Waals surface area contributed by atoms with E-state index in [0.29, 0.717) is 5.56 Å². The average Bonchev–Trinajstić information content (AvgIpc) is 3.15. The molecule has 6 nitrogen and oxygen atoms in total. The van der Waals surface area contributed by atoms with E-state index in [1.807, 2.05) is 0 Å². The van der Waals surface area contributed by atoms with Crippen LogP contribution in [0.5, 0.6) is 0 Å². The molecule has 1 aliphatic heterocycles. The highest BCUT2D eigenvalue weighted by Gasteiger charge is 2.31.